The average molecular weight is 484 g/mol. The van der Waals surface area contributed by atoms with Crippen molar-refractivity contribution in [1.29, 1.82) is 0 Å². The van der Waals surface area contributed by atoms with Crippen molar-refractivity contribution in [3.63, 3.8) is 0 Å². The summed E-state index contributed by atoms with van der Waals surface area (Å²) in [5, 5.41) is 0. The van der Waals surface area contributed by atoms with E-state index in [1.807, 2.05) is 32.9 Å². The van der Waals surface area contributed by atoms with Gasteiger partial charge in [-0.25, -0.2) is 4.79 Å². The molecule has 2 amide bonds. The van der Waals surface area contributed by atoms with Crippen molar-refractivity contribution >= 4 is 23.3 Å². The van der Waals surface area contributed by atoms with Crippen molar-refractivity contribution in [2.75, 3.05) is 30.3 Å². The number of rotatable bonds is 9. The van der Waals surface area contributed by atoms with Crippen LogP contribution in [-0.4, -0.2) is 45.9 Å². The molecule has 3 N–H and O–H groups in total. The highest BCUT2D eigenvalue weighted by molar-refractivity contribution is 5.98. The van der Waals surface area contributed by atoms with Gasteiger partial charge in [-0.1, -0.05) is 44.4 Å². The zero-order valence-electron chi connectivity index (χ0n) is 21.0. The topological polar surface area (TPSA) is 121 Å². The first-order chi connectivity index (χ1) is 16.8. The first kappa shape index (κ1) is 26.2. The summed E-state index contributed by atoms with van der Waals surface area (Å²) in [4.78, 5) is 57.6. The fourth-order valence-corrected chi connectivity index (χ4v) is 4.49. The van der Waals surface area contributed by atoms with Crippen molar-refractivity contribution in [2.45, 2.75) is 65.8 Å². The van der Waals surface area contributed by atoms with Crippen LogP contribution in [-0.2, 0) is 11.3 Å². The number of H-pyrrole nitrogens is 1. The fraction of sp³-hybridized carbons (Fsp3) is 0.538. The summed E-state index contributed by atoms with van der Waals surface area (Å²) in [7, 11) is 0. The van der Waals surface area contributed by atoms with E-state index in [0.717, 1.165) is 24.8 Å². The summed E-state index contributed by atoms with van der Waals surface area (Å²) in [6.45, 7) is 7.50. The van der Waals surface area contributed by atoms with Crippen LogP contribution in [0.25, 0.3) is 0 Å². The number of nitrogen functional groups attached to an aromatic ring is 1. The standard InChI is InChI=1S/C26H37N5O4/c1-4-6-15-30(21-22(27)31(16-7-5-2)26(35)28-23(21)32)25(34)20-9-8-14-29(17-20)24(33)19-12-10-18(3)11-13-19/h10-13,20H,4-9,14-17,27H2,1-3H3,(H,28,32,35). The van der Waals surface area contributed by atoms with Gasteiger partial charge in [-0.15, -0.1) is 0 Å². The maximum absolute atomic E-state index is 13.8. The van der Waals surface area contributed by atoms with Crippen LogP contribution in [0, 0.1) is 12.8 Å². The predicted octanol–water partition coefficient (Wildman–Crippen LogP) is 2.91. The third kappa shape index (κ3) is 6.01. The zero-order valence-corrected chi connectivity index (χ0v) is 21.0. The molecule has 35 heavy (non-hydrogen) atoms. The molecule has 0 bridgehead atoms. The van der Waals surface area contributed by atoms with Gasteiger partial charge in [0.2, 0.25) is 5.91 Å². The van der Waals surface area contributed by atoms with Gasteiger partial charge < -0.3 is 15.5 Å². The van der Waals surface area contributed by atoms with Crippen LogP contribution in [0.4, 0.5) is 11.5 Å². The molecule has 1 aromatic heterocycles. The normalized spacial score (nSPS) is 15.7. The number of carbonyl (C=O) groups is 2. The van der Waals surface area contributed by atoms with E-state index in [4.69, 9.17) is 5.73 Å². The molecule has 1 saturated heterocycles. The summed E-state index contributed by atoms with van der Waals surface area (Å²) in [5.74, 6) is -0.782. The van der Waals surface area contributed by atoms with Crippen LogP contribution in [0.5, 0.6) is 0 Å². The number of amides is 2. The maximum atomic E-state index is 13.8. The number of likely N-dealkylation sites (tertiary alicyclic amines) is 1. The highest BCUT2D eigenvalue weighted by Gasteiger charge is 2.34. The molecule has 190 valence electrons. The van der Waals surface area contributed by atoms with E-state index in [1.165, 1.54) is 9.47 Å². The van der Waals surface area contributed by atoms with Crippen LogP contribution in [0.15, 0.2) is 33.9 Å². The molecule has 0 spiro atoms. The highest BCUT2D eigenvalue weighted by atomic mass is 16.2. The third-order valence-corrected chi connectivity index (χ3v) is 6.58. The van der Waals surface area contributed by atoms with E-state index in [-0.39, 0.29) is 29.9 Å². The number of aromatic nitrogens is 2. The Morgan fingerprint density at radius 2 is 1.80 bits per heavy atom. The number of benzene rings is 1. The van der Waals surface area contributed by atoms with Crippen LogP contribution in [0.3, 0.4) is 0 Å². The quantitative estimate of drug-likeness (QED) is 0.568. The Balaban J connectivity index is 1.90. The van der Waals surface area contributed by atoms with Gasteiger partial charge in [0, 0.05) is 31.7 Å². The second-order valence-corrected chi connectivity index (χ2v) is 9.30. The summed E-state index contributed by atoms with van der Waals surface area (Å²) in [5.41, 5.74) is 6.78. The minimum Gasteiger partial charge on any atom is -0.383 e. The second-order valence-electron chi connectivity index (χ2n) is 9.30. The van der Waals surface area contributed by atoms with E-state index >= 15 is 0 Å². The van der Waals surface area contributed by atoms with E-state index in [2.05, 4.69) is 4.98 Å². The Kier molecular flexibility index (Phi) is 8.89. The number of nitrogens with one attached hydrogen (secondary N) is 1. The first-order valence-corrected chi connectivity index (χ1v) is 12.6. The number of carbonyl (C=O) groups excluding carboxylic acids is 2. The lowest BCUT2D eigenvalue weighted by molar-refractivity contribution is -0.123. The van der Waals surface area contributed by atoms with E-state index in [1.54, 1.807) is 17.0 Å². The Hall–Kier alpha value is -3.36. The molecule has 9 heteroatoms. The lowest BCUT2D eigenvalue weighted by Crippen LogP contribution is -2.49. The number of nitrogens with zero attached hydrogens (tertiary/aromatic N) is 3. The minimum absolute atomic E-state index is 0.0139. The summed E-state index contributed by atoms with van der Waals surface area (Å²) < 4.78 is 1.33. The van der Waals surface area contributed by atoms with Gasteiger partial charge in [0.25, 0.3) is 11.5 Å². The smallest absolute Gasteiger partial charge is 0.330 e. The van der Waals surface area contributed by atoms with Crippen LogP contribution >= 0.6 is 0 Å². The zero-order chi connectivity index (χ0) is 25.5. The molecule has 0 aliphatic carbocycles. The van der Waals surface area contributed by atoms with Gasteiger partial charge in [0.1, 0.15) is 5.82 Å². The number of aromatic amines is 1. The van der Waals surface area contributed by atoms with Gasteiger partial charge in [0.05, 0.1) is 5.92 Å². The average Bonchev–Trinajstić information content (AvgIpc) is 2.85. The van der Waals surface area contributed by atoms with Gasteiger partial charge in [-0.2, -0.15) is 0 Å². The molecule has 0 radical (unpaired) electrons. The first-order valence-electron chi connectivity index (χ1n) is 12.6. The largest absolute Gasteiger partial charge is 0.383 e. The van der Waals surface area contributed by atoms with Crippen molar-refractivity contribution in [3.05, 3.63) is 56.2 Å². The lowest BCUT2D eigenvalue weighted by atomic mass is 9.95. The van der Waals surface area contributed by atoms with Crippen molar-refractivity contribution < 1.29 is 9.59 Å². The molecule has 1 aliphatic heterocycles. The van der Waals surface area contributed by atoms with Gasteiger partial charge in [-0.05, 0) is 44.7 Å². The molecule has 3 rings (SSSR count). The number of aryl methyl sites for hydroxylation is 1. The predicted molar refractivity (Wildman–Crippen MR) is 138 cm³/mol. The fourth-order valence-electron chi connectivity index (χ4n) is 4.49. The Labute approximate surface area is 205 Å². The molecular weight excluding hydrogens is 446 g/mol. The maximum Gasteiger partial charge on any atom is 0.330 e. The van der Waals surface area contributed by atoms with Crippen LogP contribution < -0.4 is 21.9 Å². The molecule has 1 unspecified atom stereocenters. The molecular formula is C26H37N5O4. The molecule has 2 aromatic rings. The van der Waals surface area contributed by atoms with E-state index < -0.39 is 17.2 Å². The van der Waals surface area contributed by atoms with Crippen LogP contribution in [0.2, 0.25) is 0 Å². The van der Waals surface area contributed by atoms with Gasteiger partial charge in [0.15, 0.2) is 5.69 Å². The summed E-state index contributed by atoms with van der Waals surface area (Å²) in [6.07, 6.45) is 4.38. The minimum atomic E-state index is -0.659. The van der Waals surface area contributed by atoms with Gasteiger partial charge in [-0.3, -0.25) is 23.9 Å². The Morgan fingerprint density at radius 3 is 2.46 bits per heavy atom. The molecule has 0 saturated carbocycles. The van der Waals surface area contributed by atoms with Crippen molar-refractivity contribution in [2.24, 2.45) is 5.92 Å². The molecule has 1 aromatic carbocycles. The Bertz CT molecular complexity index is 1150. The second kappa shape index (κ2) is 11.9. The third-order valence-electron chi connectivity index (χ3n) is 6.58. The summed E-state index contributed by atoms with van der Waals surface area (Å²) in [6, 6.07) is 7.40. The molecule has 2 heterocycles. The monoisotopic (exact) mass is 483 g/mol. The molecule has 1 atom stereocenters. The van der Waals surface area contributed by atoms with Gasteiger partial charge >= 0.3 is 5.69 Å². The number of piperidine rings is 1. The number of nitrogens with two attached hydrogens (primary N) is 1. The Morgan fingerprint density at radius 1 is 1.11 bits per heavy atom. The van der Waals surface area contributed by atoms with E-state index in [9.17, 15) is 19.2 Å². The SMILES string of the molecule is CCCCN(C(=O)C1CCCN(C(=O)c2ccc(C)cc2)C1)c1c(N)n(CCCC)c(=O)[nH]c1=O. The number of anilines is 2. The summed E-state index contributed by atoms with van der Waals surface area (Å²) >= 11 is 0. The number of unbranched alkanes of at least 4 members (excludes halogenated alkanes) is 2. The van der Waals surface area contributed by atoms with Crippen molar-refractivity contribution in [3.8, 4) is 0 Å². The van der Waals surface area contributed by atoms with Crippen molar-refractivity contribution in [1.82, 2.24) is 14.5 Å². The molecule has 9 nitrogen and oxygen atoms in total. The van der Waals surface area contributed by atoms with E-state index in [0.29, 0.717) is 44.5 Å². The molecule has 1 aliphatic rings. The highest BCUT2D eigenvalue weighted by Crippen LogP contribution is 2.25. The number of hydrogen-bond donors (Lipinski definition) is 2. The lowest BCUT2D eigenvalue weighted by Gasteiger charge is -2.35. The number of hydrogen-bond acceptors (Lipinski definition) is 5. The van der Waals surface area contributed by atoms with Crippen LogP contribution in [0.1, 0.15) is 68.3 Å². The molecule has 1 fully saturated rings.